The molecule has 3 aromatic carbocycles. The van der Waals surface area contributed by atoms with Crippen LogP contribution in [0.4, 0.5) is 10.5 Å². The van der Waals surface area contributed by atoms with Crippen molar-refractivity contribution < 1.29 is 9.53 Å². The maximum Gasteiger partial charge on any atom is 0.411 e. The third kappa shape index (κ3) is 3.48. The number of para-hydroxylation sites is 2. The van der Waals surface area contributed by atoms with Gasteiger partial charge in [-0.15, -0.1) is 0 Å². The Kier molecular flexibility index (Phi) is 5.46. The van der Waals surface area contributed by atoms with Crippen molar-refractivity contribution in [1.82, 2.24) is 14.8 Å². The van der Waals surface area contributed by atoms with Crippen LogP contribution < -0.4 is 10.6 Å². The van der Waals surface area contributed by atoms with Gasteiger partial charge in [0.05, 0.1) is 0 Å². The number of carbonyl (C=O) groups excluding carboxylic acids is 1. The Morgan fingerprint density at radius 1 is 1.06 bits per heavy atom. The highest BCUT2D eigenvalue weighted by atomic mass is 16.6. The Hall–Kier alpha value is -3.77. The number of nitrogens with one attached hydrogen (secondary N) is 2. The molecule has 0 radical (unpaired) electrons. The second-order valence-electron chi connectivity index (χ2n) is 9.40. The van der Waals surface area contributed by atoms with Gasteiger partial charge in [-0.3, -0.25) is 4.90 Å². The molecule has 4 aromatic rings. The Balaban J connectivity index is 1.40. The van der Waals surface area contributed by atoms with Crippen LogP contribution in [0, 0.1) is 0 Å². The standard InChI is InChI=1S/C29H30N4O2/c1-30-17-15-22-19-33(26-14-8-5-11-23(22)26)29-16-18-32(27(29)31-25-13-7-6-12-24(25)29)28(34)35-20-21-9-3-2-4-10-21/h2-14,19,27,30-31H,15-18,20H2,1H3/t27-,29+/m0/s1. The van der Waals surface area contributed by atoms with Gasteiger partial charge in [-0.05, 0) is 49.7 Å². The summed E-state index contributed by atoms with van der Waals surface area (Å²) < 4.78 is 8.19. The maximum atomic E-state index is 13.3. The zero-order valence-corrected chi connectivity index (χ0v) is 19.9. The monoisotopic (exact) mass is 466 g/mol. The molecule has 6 heteroatoms. The highest BCUT2D eigenvalue weighted by Gasteiger charge is 2.57. The minimum absolute atomic E-state index is 0.226. The average Bonchev–Trinajstić information content (AvgIpc) is 3.56. The lowest BCUT2D eigenvalue weighted by molar-refractivity contribution is 0.0902. The van der Waals surface area contributed by atoms with Gasteiger partial charge in [0.15, 0.2) is 0 Å². The molecule has 0 spiro atoms. The van der Waals surface area contributed by atoms with Crippen LogP contribution in [0.5, 0.6) is 0 Å². The molecule has 0 bridgehead atoms. The van der Waals surface area contributed by atoms with Gasteiger partial charge in [-0.1, -0.05) is 66.7 Å². The summed E-state index contributed by atoms with van der Waals surface area (Å²) in [5, 5.41) is 8.22. The van der Waals surface area contributed by atoms with E-state index in [9.17, 15) is 4.79 Å². The topological polar surface area (TPSA) is 58.5 Å². The predicted octanol–water partition coefficient (Wildman–Crippen LogP) is 4.94. The zero-order valence-electron chi connectivity index (χ0n) is 19.9. The third-order valence-corrected chi connectivity index (χ3v) is 7.49. The molecule has 2 N–H and O–H groups in total. The normalized spacial score (nSPS) is 20.5. The smallest absolute Gasteiger partial charge is 0.411 e. The lowest BCUT2D eigenvalue weighted by Gasteiger charge is -2.34. The number of nitrogens with zero attached hydrogens (tertiary/aromatic N) is 2. The summed E-state index contributed by atoms with van der Waals surface area (Å²) in [5.41, 5.74) is 5.40. The largest absolute Gasteiger partial charge is 0.444 e. The maximum absolute atomic E-state index is 13.3. The summed E-state index contributed by atoms with van der Waals surface area (Å²) >= 11 is 0. The van der Waals surface area contributed by atoms with Gasteiger partial charge in [0.2, 0.25) is 0 Å². The van der Waals surface area contributed by atoms with E-state index in [0.29, 0.717) is 6.54 Å². The predicted molar refractivity (Wildman–Crippen MR) is 138 cm³/mol. The Bertz CT molecular complexity index is 1370. The number of rotatable bonds is 6. The molecule has 2 aliphatic rings. The van der Waals surface area contributed by atoms with E-state index in [1.54, 1.807) is 0 Å². The van der Waals surface area contributed by atoms with E-state index in [1.807, 2.05) is 48.3 Å². The van der Waals surface area contributed by atoms with Crippen LogP contribution in [0.1, 0.15) is 23.1 Å². The molecule has 2 aliphatic heterocycles. The molecule has 3 heterocycles. The molecule has 1 aromatic heterocycles. The van der Waals surface area contributed by atoms with Gasteiger partial charge < -0.3 is 19.9 Å². The molecule has 2 atom stereocenters. The van der Waals surface area contributed by atoms with Crippen LogP contribution in [-0.2, 0) is 23.3 Å². The fourth-order valence-corrected chi connectivity index (χ4v) is 5.85. The number of amides is 1. The minimum Gasteiger partial charge on any atom is -0.444 e. The number of hydrogen-bond donors (Lipinski definition) is 2. The molecule has 6 rings (SSSR count). The molecule has 1 amide bonds. The number of ether oxygens (including phenoxy) is 1. The van der Waals surface area contributed by atoms with Gasteiger partial charge in [-0.2, -0.15) is 0 Å². The zero-order chi connectivity index (χ0) is 23.8. The Morgan fingerprint density at radius 2 is 1.83 bits per heavy atom. The van der Waals surface area contributed by atoms with Gasteiger partial charge in [0.25, 0.3) is 0 Å². The minimum atomic E-state index is -0.403. The van der Waals surface area contributed by atoms with E-state index in [1.165, 1.54) is 22.0 Å². The molecule has 1 saturated heterocycles. The number of aromatic nitrogens is 1. The molecule has 0 aliphatic carbocycles. The average molecular weight is 467 g/mol. The van der Waals surface area contributed by atoms with E-state index in [-0.39, 0.29) is 18.9 Å². The molecule has 0 saturated carbocycles. The highest BCUT2D eigenvalue weighted by Crippen LogP contribution is 2.51. The van der Waals surface area contributed by atoms with Crippen LogP contribution in [0.25, 0.3) is 10.9 Å². The van der Waals surface area contributed by atoms with Crippen molar-refractivity contribution in [2.45, 2.75) is 31.2 Å². The van der Waals surface area contributed by atoms with Gasteiger partial charge in [0.1, 0.15) is 18.3 Å². The second-order valence-corrected chi connectivity index (χ2v) is 9.40. The van der Waals surface area contributed by atoms with E-state index in [4.69, 9.17) is 4.74 Å². The molecule has 35 heavy (non-hydrogen) atoms. The number of likely N-dealkylation sites (N-methyl/N-ethyl adjacent to an activating group) is 1. The first-order chi connectivity index (χ1) is 17.2. The Morgan fingerprint density at radius 3 is 2.69 bits per heavy atom. The number of hydrogen-bond acceptors (Lipinski definition) is 4. The highest BCUT2D eigenvalue weighted by molar-refractivity contribution is 5.85. The number of likely N-dealkylation sites (tertiary alicyclic amines) is 1. The molecular weight excluding hydrogens is 436 g/mol. The fourth-order valence-electron chi connectivity index (χ4n) is 5.85. The lowest BCUT2D eigenvalue weighted by atomic mass is 9.88. The molecule has 0 unspecified atom stereocenters. The first-order valence-electron chi connectivity index (χ1n) is 12.3. The van der Waals surface area contributed by atoms with E-state index >= 15 is 0 Å². The van der Waals surface area contributed by atoms with E-state index in [2.05, 4.69) is 63.9 Å². The van der Waals surface area contributed by atoms with Crippen molar-refractivity contribution in [2.75, 3.05) is 25.5 Å². The molecule has 6 nitrogen and oxygen atoms in total. The summed E-state index contributed by atoms with van der Waals surface area (Å²) in [6.07, 6.45) is 3.55. The lowest BCUT2D eigenvalue weighted by Crippen LogP contribution is -2.49. The number of fused-ring (bicyclic) bond motifs is 4. The second kappa shape index (κ2) is 8.78. The van der Waals surface area contributed by atoms with Crippen molar-refractivity contribution in [3.63, 3.8) is 0 Å². The number of carbonyl (C=O) groups is 1. The van der Waals surface area contributed by atoms with Crippen molar-refractivity contribution in [2.24, 2.45) is 0 Å². The summed E-state index contributed by atoms with van der Waals surface area (Å²) in [4.78, 5) is 15.2. The molecule has 178 valence electrons. The van der Waals surface area contributed by atoms with Crippen LogP contribution >= 0.6 is 0 Å². The van der Waals surface area contributed by atoms with Crippen molar-refractivity contribution in [3.05, 3.63) is 102 Å². The van der Waals surface area contributed by atoms with E-state index < -0.39 is 5.54 Å². The fraction of sp³-hybridized carbons (Fsp3) is 0.276. The summed E-state index contributed by atoms with van der Waals surface area (Å²) in [5.74, 6) is 0. The van der Waals surface area contributed by atoms with Crippen LogP contribution in [-0.4, -0.2) is 41.9 Å². The van der Waals surface area contributed by atoms with E-state index in [0.717, 1.165) is 30.6 Å². The molecule has 1 fully saturated rings. The Labute approximate surface area is 205 Å². The van der Waals surface area contributed by atoms with Gasteiger partial charge in [0, 0.05) is 34.9 Å². The van der Waals surface area contributed by atoms with Crippen molar-refractivity contribution >= 4 is 22.7 Å². The van der Waals surface area contributed by atoms with Gasteiger partial charge in [-0.25, -0.2) is 4.79 Å². The first kappa shape index (κ1) is 21.7. The SMILES string of the molecule is CNCCc1cn([C@@]23CCN(C(=O)OCc4ccccc4)[C@@H]2Nc2ccccc23)c2ccccc12. The van der Waals surface area contributed by atoms with Crippen molar-refractivity contribution in [1.29, 1.82) is 0 Å². The summed E-state index contributed by atoms with van der Waals surface area (Å²) in [6.45, 7) is 1.80. The van der Waals surface area contributed by atoms with Crippen LogP contribution in [0.3, 0.4) is 0 Å². The van der Waals surface area contributed by atoms with Crippen LogP contribution in [0.2, 0.25) is 0 Å². The quantitative estimate of drug-likeness (QED) is 0.423. The number of benzene rings is 3. The summed E-state index contributed by atoms with van der Waals surface area (Å²) in [6, 6.07) is 26.9. The first-order valence-corrected chi connectivity index (χ1v) is 12.3. The number of anilines is 1. The third-order valence-electron chi connectivity index (χ3n) is 7.49. The van der Waals surface area contributed by atoms with Crippen molar-refractivity contribution in [3.8, 4) is 0 Å². The van der Waals surface area contributed by atoms with Gasteiger partial charge >= 0.3 is 6.09 Å². The summed E-state index contributed by atoms with van der Waals surface area (Å²) in [7, 11) is 1.99. The van der Waals surface area contributed by atoms with Crippen LogP contribution in [0.15, 0.2) is 85.1 Å². The molecular formula is C29H30N4O2.